The number of aliphatic carboxylic acids is 1. The first-order valence-corrected chi connectivity index (χ1v) is 6.79. The summed E-state index contributed by atoms with van der Waals surface area (Å²) in [5.41, 5.74) is 0.195. The Balaban J connectivity index is 2.74. The van der Waals surface area contributed by atoms with Gasteiger partial charge in [0.2, 0.25) is 0 Å². The van der Waals surface area contributed by atoms with Gasteiger partial charge in [-0.1, -0.05) is 12.1 Å². The number of carbonyl (C=O) groups is 2. The van der Waals surface area contributed by atoms with E-state index >= 15 is 0 Å². The lowest BCUT2D eigenvalue weighted by molar-refractivity contribution is -0.159. The summed E-state index contributed by atoms with van der Waals surface area (Å²) in [6.45, 7) is 5.26. The molecule has 1 aromatic rings. The van der Waals surface area contributed by atoms with Crippen LogP contribution in [0.5, 0.6) is 5.75 Å². The summed E-state index contributed by atoms with van der Waals surface area (Å²) >= 11 is 0. The maximum Gasteiger partial charge on any atom is 0.307 e. The van der Waals surface area contributed by atoms with Crippen molar-refractivity contribution in [3.63, 3.8) is 0 Å². The third kappa shape index (κ3) is 6.29. The fourth-order valence-electron chi connectivity index (χ4n) is 1.92. The molecule has 1 rings (SSSR count). The van der Waals surface area contributed by atoms with Gasteiger partial charge in [0.05, 0.1) is 19.4 Å². The van der Waals surface area contributed by atoms with E-state index < -0.39 is 23.5 Å². The lowest BCUT2D eigenvalue weighted by Gasteiger charge is -2.21. The molecule has 0 amide bonds. The second-order valence-electron chi connectivity index (χ2n) is 5.88. The number of rotatable bonds is 6. The largest absolute Gasteiger partial charge is 0.497 e. The van der Waals surface area contributed by atoms with E-state index in [-0.39, 0.29) is 12.8 Å². The smallest absolute Gasteiger partial charge is 0.307 e. The van der Waals surface area contributed by atoms with Crippen LogP contribution < -0.4 is 4.74 Å². The van der Waals surface area contributed by atoms with Crippen molar-refractivity contribution < 1.29 is 24.2 Å². The molecule has 0 radical (unpaired) electrons. The average molecular weight is 294 g/mol. The molecule has 0 heterocycles. The third-order valence-electron chi connectivity index (χ3n) is 2.80. The van der Waals surface area contributed by atoms with Gasteiger partial charge in [0.1, 0.15) is 11.4 Å². The molecule has 0 aromatic heterocycles. The van der Waals surface area contributed by atoms with E-state index in [0.717, 1.165) is 5.56 Å². The summed E-state index contributed by atoms with van der Waals surface area (Å²) in [5, 5.41) is 9.27. The highest BCUT2D eigenvalue weighted by atomic mass is 16.6. The SMILES string of the molecule is COc1cccc(C[C@H](CC(=O)OC(C)(C)C)C(=O)O)c1. The average Bonchev–Trinajstić information content (AvgIpc) is 2.36. The Morgan fingerprint density at radius 3 is 2.48 bits per heavy atom. The van der Waals surface area contributed by atoms with Crippen molar-refractivity contribution in [2.45, 2.75) is 39.2 Å². The highest BCUT2D eigenvalue weighted by Crippen LogP contribution is 2.19. The van der Waals surface area contributed by atoms with Crippen LogP contribution in [0.2, 0.25) is 0 Å². The molecule has 0 aliphatic rings. The first-order chi connectivity index (χ1) is 9.71. The Kier molecular flexibility index (Phi) is 5.76. The highest BCUT2D eigenvalue weighted by Gasteiger charge is 2.25. The van der Waals surface area contributed by atoms with Crippen molar-refractivity contribution in [2.75, 3.05) is 7.11 Å². The lowest BCUT2D eigenvalue weighted by Crippen LogP contribution is -2.28. The molecule has 0 aliphatic heterocycles. The zero-order valence-electron chi connectivity index (χ0n) is 12.9. The first-order valence-electron chi connectivity index (χ1n) is 6.79. The molecule has 0 saturated carbocycles. The summed E-state index contributed by atoms with van der Waals surface area (Å²) < 4.78 is 10.3. The lowest BCUT2D eigenvalue weighted by atomic mass is 9.96. The van der Waals surface area contributed by atoms with Gasteiger partial charge in [-0.2, -0.15) is 0 Å². The van der Waals surface area contributed by atoms with Crippen LogP contribution >= 0.6 is 0 Å². The molecule has 1 atom stereocenters. The summed E-state index contributed by atoms with van der Waals surface area (Å²) in [6.07, 6.45) is 0.107. The number of hydrogen-bond acceptors (Lipinski definition) is 4. The molecule has 0 aliphatic carbocycles. The van der Waals surface area contributed by atoms with Crippen LogP contribution in [0.4, 0.5) is 0 Å². The molecule has 21 heavy (non-hydrogen) atoms. The third-order valence-corrected chi connectivity index (χ3v) is 2.80. The fraction of sp³-hybridized carbons (Fsp3) is 0.500. The Hall–Kier alpha value is -2.04. The van der Waals surface area contributed by atoms with Gasteiger partial charge in [0.15, 0.2) is 0 Å². The minimum atomic E-state index is -1.01. The van der Waals surface area contributed by atoms with E-state index in [0.29, 0.717) is 5.75 Å². The number of hydrogen-bond donors (Lipinski definition) is 1. The van der Waals surface area contributed by atoms with Crippen molar-refractivity contribution in [1.29, 1.82) is 0 Å². The molecule has 0 fully saturated rings. The van der Waals surface area contributed by atoms with Crippen LogP contribution in [-0.2, 0) is 20.7 Å². The van der Waals surface area contributed by atoms with Gasteiger partial charge < -0.3 is 14.6 Å². The molecular formula is C16H22O5. The molecule has 0 saturated heterocycles. The minimum absolute atomic E-state index is 0.149. The number of ether oxygens (including phenoxy) is 2. The van der Waals surface area contributed by atoms with Crippen molar-refractivity contribution >= 4 is 11.9 Å². The van der Waals surface area contributed by atoms with E-state index in [2.05, 4.69) is 0 Å². The number of carboxylic acids is 1. The van der Waals surface area contributed by atoms with Gasteiger partial charge in [-0.05, 0) is 44.9 Å². The monoisotopic (exact) mass is 294 g/mol. The number of methoxy groups -OCH3 is 1. The molecule has 5 nitrogen and oxygen atoms in total. The molecule has 1 aromatic carbocycles. The van der Waals surface area contributed by atoms with Gasteiger partial charge >= 0.3 is 11.9 Å². The van der Waals surface area contributed by atoms with Crippen LogP contribution in [0.1, 0.15) is 32.8 Å². The van der Waals surface area contributed by atoms with Gasteiger partial charge in [-0.3, -0.25) is 9.59 Å². The minimum Gasteiger partial charge on any atom is -0.497 e. The van der Waals surface area contributed by atoms with Crippen LogP contribution in [-0.4, -0.2) is 29.8 Å². The van der Waals surface area contributed by atoms with Gasteiger partial charge in [-0.25, -0.2) is 0 Å². The number of carbonyl (C=O) groups excluding carboxylic acids is 1. The Morgan fingerprint density at radius 1 is 1.29 bits per heavy atom. The molecule has 5 heteroatoms. The molecule has 0 spiro atoms. The number of benzene rings is 1. The summed E-state index contributed by atoms with van der Waals surface area (Å²) in [4.78, 5) is 23.1. The van der Waals surface area contributed by atoms with Crippen molar-refractivity contribution in [3.8, 4) is 5.75 Å². The second kappa shape index (κ2) is 7.11. The second-order valence-corrected chi connectivity index (χ2v) is 5.88. The van der Waals surface area contributed by atoms with E-state index in [1.165, 1.54) is 0 Å². The van der Waals surface area contributed by atoms with Crippen LogP contribution in [0.25, 0.3) is 0 Å². The van der Waals surface area contributed by atoms with E-state index in [1.807, 2.05) is 6.07 Å². The molecular weight excluding hydrogens is 272 g/mol. The summed E-state index contributed by atoms with van der Waals surface area (Å²) in [6, 6.07) is 7.16. The quantitative estimate of drug-likeness (QED) is 0.817. The topological polar surface area (TPSA) is 72.8 Å². The standard InChI is InChI=1S/C16H22O5/c1-16(2,3)21-14(17)10-12(15(18)19)8-11-6-5-7-13(9-11)20-4/h5-7,9,12H,8,10H2,1-4H3,(H,18,19)/t12-/m1/s1. The van der Waals surface area contributed by atoms with Crippen LogP contribution in [0, 0.1) is 5.92 Å². The van der Waals surface area contributed by atoms with Crippen LogP contribution in [0.3, 0.4) is 0 Å². The van der Waals surface area contributed by atoms with E-state index in [4.69, 9.17) is 9.47 Å². The molecule has 0 bridgehead atoms. The van der Waals surface area contributed by atoms with Gasteiger partial charge in [0.25, 0.3) is 0 Å². The Morgan fingerprint density at radius 2 is 1.95 bits per heavy atom. The van der Waals surface area contributed by atoms with E-state index in [1.54, 1.807) is 46.1 Å². The van der Waals surface area contributed by atoms with Crippen molar-refractivity contribution in [3.05, 3.63) is 29.8 Å². The zero-order valence-corrected chi connectivity index (χ0v) is 12.9. The highest BCUT2D eigenvalue weighted by molar-refractivity contribution is 5.79. The first kappa shape index (κ1) is 17.0. The van der Waals surface area contributed by atoms with E-state index in [9.17, 15) is 14.7 Å². The predicted molar refractivity (Wildman–Crippen MR) is 78.3 cm³/mol. The normalized spacial score (nSPS) is 12.6. The molecule has 1 N–H and O–H groups in total. The van der Waals surface area contributed by atoms with Gasteiger partial charge in [0, 0.05) is 0 Å². The van der Waals surface area contributed by atoms with Crippen molar-refractivity contribution in [1.82, 2.24) is 0 Å². The Bertz CT molecular complexity index is 502. The Labute approximate surface area is 124 Å². The summed E-state index contributed by atoms with van der Waals surface area (Å²) in [5.74, 6) is -1.66. The van der Waals surface area contributed by atoms with Gasteiger partial charge in [-0.15, -0.1) is 0 Å². The number of esters is 1. The van der Waals surface area contributed by atoms with Crippen LogP contribution in [0.15, 0.2) is 24.3 Å². The predicted octanol–water partition coefficient (Wildman–Crippen LogP) is 2.67. The number of carboxylic acid groups (broad SMARTS) is 1. The maximum atomic E-state index is 11.8. The van der Waals surface area contributed by atoms with Crippen molar-refractivity contribution in [2.24, 2.45) is 5.92 Å². The zero-order chi connectivity index (χ0) is 16.0. The maximum absolute atomic E-state index is 11.8. The molecule has 0 unspecified atom stereocenters. The summed E-state index contributed by atoms with van der Waals surface area (Å²) in [7, 11) is 1.55. The molecule has 116 valence electrons. The fourth-order valence-corrected chi connectivity index (χ4v) is 1.92.